The van der Waals surface area contributed by atoms with Crippen molar-refractivity contribution in [2.24, 2.45) is 5.92 Å². The van der Waals surface area contributed by atoms with E-state index in [1.165, 1.54) is 0 Å². The molecule has 0 radical (unpaired) electrons. The summed E-state index contributed by atoms with van der Waals surface area (Å²) < 4.78 is 0.745. The third-order valence-corrected chi connectivity index (χ3v) is 3.32. The number of hydrogen-bond donors (Lipinski definition) is 1. The normalized spacial score (nSPS) is 16.1. The van der Waals surface area contributed by atoms with Crippen LogP contribution in [0.1, 0.15) is 23.2 Å². The van der Waals surface area contributed by atoms with Crippen LogP contribution in [0.3, 0.4) is 0 Å². The number of nitriles is 1. The molecule has 1 amide bonds. The van der Waals surface area contributed by atoms with Crippen LogP contribution in [0.25, 0.3) is 0 Å². The van der Waals surface area contributed by atoms with E-state index in [2.05, 4.69) is 27.3 Å². The van der Waals surface area contributed by atoms with Crippen molar-refractivity contribution in [2.75, 3.05) is 0 Å². The van der Waals surface area contributed by atoms with Gasteiger partial charge in [0.1, 0.15) is 6.04 Å². The monoisotopic (exact) mass is 312 g/mol. The van der Waals surface area contributed by atoms with Crippen LogP contribution in [-0.2, 0) is 0 Å². The van der Waals surface area contributed by atoms with E-state index >= 15 is 0 Å². The lowest BCUT2D eigenvalue weighted by molar-refractivity contribution is 0.0942. The van der Waals surface area contributed by atoms with Gasteiger partial charge in [0.25, 0.3) is 5.91 Å². The zero-order valence-corrected chi connectivity index (χ0v) is 11.3. The number of carbonyl (C=O) groups is 1. The summed E-state index contributed by atoms with van der Waals surface area (Å²) in [5.41, 5.74) is 0.463. The van der Waals surface area contributed by atoms with Gasteiger partial charge in [-0.15, -0.1) is 0 Å². The zero-order chi connectivity index (χ0) is 12.4. The summed E-state index contributed by atoms with van der Waals surface area (Å²) in [7, 11) is 0. The molecule has 88 valence electrons. The molecule has 1 fully saturated rings. The summed E-state index contributed by atoms with van der Waals surface area (Å²) in [4.78, 5) is 11.9. The maximum Gasteiger partial charge on any atom is 0.252 e. The number of benzene rings is 1. The Morgan fingerprint density at radius 2 is 2.24 bits per heavy atom. The van der Waals surface area contributed by atoms with Crippen molar-refractivity contribution >= 4 is 33.4 Å². The van der Waals surface area contributed by atoms with Crippen LogP contribution in [0.2, 0.25) is 5.02 Å². The van der Waals surface area contributed by atoms with Gasteiger partial charge >= 0.3 is 0 Å². The van der Waals surface area contributed by atoms with Crippen LogP contribution >= 0.6 is 27.5 Å². The quantitative estimate of drug-likeness (QED) is 0.932. The van der Waals surface area contributed by atoms with E-state index < -0.39 is 0 Å². The second-order valence-corrected chi connectivity index (χ2v) is 5.43. The topological polar surface area (TPSA) is 52.9 Å². The van der Waals surface area contributed by atoms with E-state index in [1.807, 2.05) is 0 Å². The summed E-state index contributed by atoms with van der Waals surface area (Å²) in [6, 6.07) is 6.71. The van der Waals surface area contributed by atoms with Crippen LogP contribution in [0.15, 0.2) is 22.7 Å². The fraction of sp³-hybridized carbons (Fsp3) is 0.333. The molecule has 1 aliphatic carbocycles. The Morgan fingerprint density at radius 1 is 1.53 bits per heavy atom. The Labute approximate surface area is 113 Å². The average Bonchev–Trinajstić information content (AvgIpc) is 3.08. The van der Waals surface area contributed by atoms with Crippen LogP contribution in [-0.4, -0.2) is 11.9 Å². The van der Waals surface area contributed by atoms with Gasteiger partial charge < -0.3 is 5.32 Å². The zero-order valence-electron chi connectivity index (χ0n) is 8.91. The highest BCUT2D eigenvalue weighted by molar-refractivity contribution is 9.10. The maximum atomic E-state index is 11.9. The van der Waals surface area contributed by atoms with Crippen molar-refractivity contribution in [2.45, 2.75) is 18.9 Å². The molecule has 0 spiro atoms. The van der Waals surface area contributed by atoms with Crippen LogP contribution in [0, 0.1) is 17.2 Å². The molecule has 0 bridgehead atoms. The SMILES string of the molecule is N#CC(NC(=O)c1cc(Cl)cc(Br)c1)C1CC1. The first-order valence-corrected chi connectivity index (χ1v) is 6.44. The van der Waals surface area contributed by atoms with Crippen molar-refractivity contribution in [3.63, 3.8) is 0 Å². The highest BCUT2D eigenvalue weighted by Gasteiger charge is 2.32. The number of nitrogens with one attached hydrogen (secondary N) is 1. The molecular weight excluding hydrogens is 304 g/mol. The molecule has 0 saturated heterocycles. The minimum absolute atomic E-state index is 0.258. The Morgan fingerprint density at radius 3 is 2.76 bits per heavy atom. The molecule has 1 N–H and O–H groups in total. The summed E-state index contributed by atoms with van der Waals surface area (Å²) in [5, 5.41) is 12.2. The van der Waals surface area contributed by atoms with Gasteiger partial charge in [-0.2, -0.15) is 5.26 Å². The van der Waals surface area contributed by atoms with E-state index in [-0.39, 0.29) is 11.9 Å². The number of halogens is 2. The Hall–Kier alpha value is -1.05. The van der Waals surface area contributed by atoms with Crippen molar-refractivity contribution in [3.05, 3.63) is 33.3 Å². The molecule has 1 atom stereocenters. The molecule has 1 aromatic rings. The molecule has 1 unspecified atom stereocenters. The van der Waals surface area contributed by atoms with E-state index in [0.717, 1.165) is 17.3 Å². The molecule has 0 aromatic heterocycles. The molecular formula is C12H10BrClN2O. The van der Waals surface area contributed by atoms with Crippen LogP contribution in [0.4, 0.5) is 0 Å². The fourth-order valence-corrected chi connectivity index (χ4v) is 2.45. The number of carbonyl (C=O) groups excluding carboxylic acids is 1. The first-order chi connectivity index (χ1) is 8.10. The molecule has 1 saturated carbocycles. The number of rotatable bonds is 3. The second kappa shape index (κ2) is 5.07. The van der Waals surface area contributed by atoms with Gasteiger partial charge in [-0.25, -0.2) is 0 Å². The minimum Gasteiger partial charge on any atom is -0.336 e. The van der Waals surface area contributed by atoms with Gasteiger partial charge in [-0.1, -0.05) is 27.5 Å². The van der Waals surface area contributed by atoms with E-state index in [9.17, 15) is 4.79 Å². The lowest BCUT2D eigenvalue weighted by atomic mass is 10.1. The molecule has 5 heteroatoms. The van der Waals surface area contributed by atoms with Gasteiger partial charge in [0.05, 0.1) is 6.07 Å². The number of hydrogen-bond acceptors (Lipinski definition) is 2. The highest BCUT2D eigenvalue weighted by atomic mass is 79.9. The van der Waals surface area contributed by atoms with Gasteiger partial charge in [-0.3, -0.25) is 4.79 Å². The number of amides is 1. The Balaban J connectivity index is 2.11. The Kier molecular flexibility index (Phi) is 3.70. The molecule has 0 heterocycles. The number of nitrogens with zero attached hydrogens (tertiary/aromatic N) is 1. The Bertz CT molecular complexity index is 474. The second-order valence-electron chi connectivity index (χ2n) is 4.08. The van der Waals surface area contributed by atoms with Gasteiger partial charge in [0.2, 0.25) is 0 Å². The summed E-state index contributed by atoms with van der Waals surface area (Å²) >= 11 is 9.14. The lowest BCUT2D eigenvalue weighted by Gasteiger charge is -2.10. The third-order valence-electron chi connectivity index (χ3n) is 2.64. The summed E-state index contributed by atoms with van der Waals surface area (Å²) in [5.74, 6) is 0.0539. The molecule has 1 aromatic carbocycles. The lowest BCUT2D eigenvalue weighted by Crippen LogP contribution is -2.35. The third kappa shape index (κ3) is 3.21. The standard InChI is InChI=1S/C12H10BrClN2O/c13-9-3-8(4-10(14)5-9)12(17)16-11(6-15)7-1-2-7/h3-5,7,11H,1-2H2,(H,16,17). The van der Waals surface area contributed by atoms with Crippen molar-refractivity contribution in [3.8, 4) is 6.07 Å². The summed E-state index contributed by atoms with van der Waals surface area (Å²) in [6.45, 7) is 0. The molecule has 17 heavy (non-hydrogen) atoms. The largest absolute Gasteiger partial charge is 0.336 e. The van der Waals surface area contributed by atoms with Gasteiger partial charge in [0.15, 0.2) is 0 Å². The maximum absolute atomic E-state index is 11.9. The molecule has 2 rings (SSSR count). The first kappa shape index (κ1) is 12.4. The predicted molar refractivity (Wildman–Crippen MR) is 68.7 cm³/mol. The van der Waals surface area contributed by atoms with Crippen molar-refractivity contribution in [1.82, 2.24) is 5.32 Å². The van der Waals surface area contributed by atoms with Crippen molar-refractivity contribution < 1.29 is 4.79 Å². The van der Waals surface area contributed by atoms with Gasteiger partial charge in [0, 0.05) is 15.1 Å². The molecule has 3 nitrogen and oxygen atoms in total. The van der Waals surface area contributed by atoms with Gasteiger partial charge in [-0.05, 0) is 37.0 Å². The van der Waals surface area contributed by atoms with E-state index in [1.54, 1.807) is 18.2 Å². The van der Waals surface area contributed by atoms with E-state index in [0.29, 0.717) is 16.5 Å². The molecule has 0 aliphatic heterocycles. The highest BCUT2D eigenvalue weighted by Crippen LogP contribution is 2.32. The molecule has 1 aliphatic rings. The minimum atomic E-state index is -0.389. The van der Waals surface area contributed by atoms with Crippen LogP contribution < -0.4 is 5.32 Å². The summed E-state index contributed by atoms with van der Waals surface area (Å²) in [6.07, 6.45) is 2.02. The average molecular weight is 314 g/mol. The van der Waals surface area contributed by atoms with Crippen molar-refractivity contribution in [1.29, 1.82) is 5.26 Å². The van der Waals surface area contributed by atoms with E-state index in [4.69, 9.17) is 16.9 Å². The smallest absolute Gasteiger partial charge is 0.252 e. The fourth-order valence-electron chi connectivity index (χ4n) is 1.59. The predicted octanol–water partition coefficient (Wildman–Crippen LogP) is 3.13. The van der Waals surface area contributed by atoms with Crippen LogP contribution in [0.5, 0.6) is 0 Å². The first-order valence-electron chi connectivity index (χ1n) is 5.26.